The third-order valence-electron chi connectivity index (χ3n) is 4.67. The SMILES string of the molecule is CC(C)CC(N)C(=O)NC(CC(C)C)C(=O)NCC(=O)N1CCCC1C(=O)O. The van der Waals surface area contributed by atoms with Gasteiger partial charge in [0, 0.05) is 6.54 Å². The van der Waals surface area contributed by atoms with E-state index in [0.717, 1.165) is 0 Å². The number of amides is 3. The molecule has 3 atom stereocenters. The minimum absolute atomic E-state index is 0.142. The Morgan fingerprint density at radius 3 is 2.21 bits per heavy atom. The quantitative estimate of drug-likeness (QED) is 0.411. The van der Waals surface area contributed by atoms with E-state index in [0.29, 0.717) is 32.2 Å². The molecule has 1 aliphatic rings. The second-order valence-corrected chi connectivity index (χ2v) is 8.23. The van der Waals surface area contributed by atoms with Crippen LogP contribution >= 0.6 is 0 Å². The summed E-state index contributed by atoms with van der Waals surface area (Å²) < 4.78 is 0. The van der Waals surface area contributed by atoms with Crippen LogP contribution in [0.4, 0.5) is 0 Å². The van der Waals surface area contributed by atoms with Gasteiger partial charge in [0.2, 0.25) is 17.7 Å². The molecule has 1 saturated heterocycles. The van der Waals surface area contributed by atoms with E-state index in [2.05, 4.69) is 10.6 Å². The average molecular weight is 399 g/mol. The monoisotopic (exact) mass is 398 g/mol. The lowest BCUT2D eigenvalue weighted by molar-refractivity contribution is -0.148. The van der Waals surface area contributed by atoms with Gasteiger partial charge in [-0.15, -0.1) is 0 Å². The number of carbonyl (C=O) groups is 4. The number of likely N-dealkylation sites (tertiary alicyclic amines) is 1. The van der Waals surface area contributed by atoms with Gasteiger partial charge in [0.15, 0.2) is 0 Å². The molecular weight excluding hydrogens is 364 g/mol. The van der Waals surface area contributed by atoms with Crippen LogP contribution in [0.5, 0.6) is 0 Å². The topological polar surface area (TPSA) is 142 Å². The van der Waals surface area contributed by atoms with E-state index in [1.54, 1.807) is 0 Å². The minimum atomic E-state index is -1.04. The Morgan fingerprint density at radius 2 is 1.68 bits per heavy atom. The maximum absolute atomic E-state index is 12.5. The lowest BCUT2D eigenvalue weighted by Crippen LogP contribution is -2.54. The molecule has 28 heavy (non-hydrogen) atoms. The van der Waals surface area contributed by atoms with Gasteiger partial charge in [-0.1, -0.05) is 27.7 Å². The first-order valence-electron chi connectivity index (χ1n) is 9.88. The zero-order valence-corrected chi connectivity index (χ0v) is 17.2. The number of carboxylic acids is 1. The number of nitrogens with one attached hydrogen (secondary N) is 2. The Morgan fingerprint density at radius 1 is 1.07 bits per heavy atom. The highest BCUT2D eigenvalue weighted by atomic mass is 16.4. The highest BCUT2D eigenvalue weighted by Gasteiger charge is 2.34. The summed E-state index contributed by atoms with van der Waals surface area (Å²) in [6.45, 7) is 7.83. The summed E-state index contributed by atoms with van der Waals surface area (Å²) in [5.41, 5.74) is 5.89. The van der Waals surface area contributed by atoms with Gasteiger partial charge in [0.25, 0.3) is 0 Å². The molecule has 0 aromatic carbocycles. The maximum atomic E-state index is 12.5. The first kappa shape index (κ1) is 23.9. The van der Waals surface area contributed by atoms with E-state index in [-0.39, 0.29) is 18.4 Å². The highest BCUT2D eigenvalue weighted by Crippen LogP contribution is 2.17. The average Bonchev–Trinajstić information content (AvgIpc) is 3.07. The number of hydrogen-bond donors (Lipinski definition) is 4. The van der Waals surface area contributed by atoms with E-state index < -0.39 is 41.8 Å². The number of nitrogens with zero attached hydrogens (tertiary/aromatic N) is 1. The summed E-state index contributed by atoms with van der Waals surface area (Å²) in [6.07, 6.45) is 1.94. The number of carbonyl (C=O) groups excluding carboxylic acids is 3. The van der Waals surface area contributed by atoms with Crippen LogP contribution < -0.4 is 16.4 Å². The van der Waals surface area contributed by atoms with Crippen LogP contribution in [0.15, 0.2) is 0 Å². The first-order chi connectivity index (χ1) is 13.0. The molecule has 1 heterocycles. The number of aliphatic carboxylic acids is 1. The normalized spacial score (nSPS) is 18.8. The number of rotatable bonds is 10. The van der Waals surface area contributed by atoms with Crippen molar-refractivity contribution in [1.29, 1.82) is 0 Å². The molecule has 0 aliphatic carbocycles. The Hall–Kier alpha value is -2.16. The third-order valence-corrected chi connectivity index (χ3v) is 4.67. The van der Waals surface area contributed by atoms with Crippen molar-refractivity contribution in [2.45, 2.75) is 71.5 Å². The molecule has 0 radical (unpaired) electrons. The second kappa shape index (κ2) is 11.0. The molecule has 9 heteroatoms. The summed E-state index contributed by atoms with van der Waals surface area (Å²) in [4.78, 5) is 49.6. The smallest absolute Gasteiger partial charge is 0.326 e. The van der Waals surface area contributed by atoms with E-state index in [1.165, 1.54) is 4.90 Å². The van der Waals surface area contributed by atoms with Gasteiger partial charge in [-0.25, -0.2) is 4.79 Å². The highest BCUT2D eigenvalue weighted by molar-refractivity contribution is 5.92. The van der Waals surface area contributed by atoms with Gasteiger partial charge in [-0.05, 0) is 37.5 Å². The minimum Gasteiger partial charge on any atom is -0.480 e. The van der Waals surface area contributed by atoms with Gasteiger partial charge in [-0.2, -0.15) is 0 Å². The fourth-order valence-corrected chi connectivity index (χ4v) is 3.31. The molecule has 1 aliphatic heterocycles. The van der Waals surface area contributed by atoms with E-state index >= 15 is 0 Å². The van der Waals surface area contributed by atoms with Crippen molar-refractivity contribution in [3.8, 4) is 0 Å². The number of hydrogen-bond acceptors (Lipinski definition) is 5. The Bertz CT molecular complexity index is 579. The van der Waals surface area contributed by atoms with Gasteiger partial charge in [0.1, 0.15) is 12.1 Å². The van der Waals surface area contributed by atoms with Crippen molar-refractivity contribution in [2.24, 2.45) is 17.6 Å². The lowest BCUT2D eigenvalue weighted by atomic mass is 10.0. The lowest BCUT2D eigenvalue weighted by Gasteiger charge is -2.24. The molecule has 0 spiro atoms. The molecule has 9 nitrogen and oxygen atoms in total. The van der Waals surface area contributed by atoms with Crippen molar-refractivity contribution in [2.75, 3.05) is 13.1 Å². The van der Waals surface area contributed by atoms with Crippen LogP contribution in [0.25, 0.3) is 0 Å². The molecule has 1 rings (SSSR count). The predicted octanol–water partition coefficient (Wildman–Crippen LogP) is 0.0825. The number of nitrogens with two attached hydrogens (primary N) is 1. The van der Waals surface area contributed by atoms with Crippen LogP contribution in [0.3, 0.4) is 0 Å². The van der Waals surface area contributed by atoms with Gasteiger partial charge >= 0.3 is 5.97 Å². The summed E-state index contributed by atoms with van der Waals surface area (Å²) in [7, 11) is 0. The fourth-order valence-electron chi connectivity index (χ4n) is 3.31. The van der Waals surface area contributed by atoms with Gasteiger partial charge < -0.3 is 26.4 Å². The molecule has 160 valence electrons. The summed E-state index contributed by atoms with van der Waals surface area (Å²) >= 11 is 0. The molecule has 0 saturated carbocycles. The van der Waals surface area contributed by atoms with Gasteiger partial charge in [0.05, 0.1) is 12.6 Å². The molecule has 0 aromatic heterocycles. The van der Waals surface area contributed by atoms with Crippen LogP contribution in [0.2, 0.25) is 0 Å². The van der Waals surface area contributed by atoms with E-state index in [4.69, 9.17) is 5.73 Å². The van der Waals surface area contributed by atoms with Crippen molar-refractivity contribution < 1.29 is 24.3 Å². The van der Waals surface area contributed by atoms with Crippen molar-refractivity contribution in [1.82, 2.24) is 15.5 Å². The Balaban J connectivity index is 2.65. The van der Waals surface area contributed by atoms with Crippen LogP contribution in [-0.2, 0) is 19.2 Å². The Labute approximate surface area is 166 Å². The second-order valence-electron chi connectivity index (χ2n) is 8.23. The largest absolute Gasteiger partial charge is 0.480 e. The molecule has 1 fully saturated rings. The summed E-state index contributed by atoms with van der Waals surface area (Å²) in [5.74, 6) is -1.96. The van der Waals surface area contributed by atoms with Gasteiger partial charge in [-0.3, -0.25) is 14.4 Å². The first-order valence-corrected chi connectivity index (χ1v) is 9.88. The zero-order valence-electron chi connectivity index (χ0n) is 17.2. The van der Waals surface area contributed by atoms with Crippen molar-refractivity contribution in [3.05, 3.63) is 0 Å². The fraction of sp³-hybridized carbons (Fsp3) is 0.789. The molecule has 3 unspecified atom stereocenters. The summed E-state index contributed by atoms with van der Waals surface area (Å²) in [6, 6.07) is -2.35. The third kappa shape index (κ3) is 7.46. The molecule has 5 N–H and O–H groups in total. The molecular formula is C19H34N4O5. The molecule has 3 amide bonds. The standard InChI is InChI=1S/C19H34N4O5/c1-11(2)8-13(20)17(25)22-14(9-12(3)4)18(26)21-10-16(24)23-7-5-6-15(23)19(27)28/h11-15H,5-10,20H2,1-4H3,(H,21,26)(H,22,25)(H,27,28). The van der Waals surface area contributed by atoms with E-state index in [1.807, 2.05) is 27.7 Å². The zero-order chi connectivity index (χ0) is 21.4. The predicted molar refractivity (Wildman–Crippen MR) is 104 cm³/mol. The molecule has 0 bridgehead atoms. The number of carboxylic acid groups (broad SMARTS) is 1. The molecule has 0 aromatic rings. The van der Waals surface area contributed by atoms with Crippen molar-refractivity contribution >= 4 is 23.7 Å². The maximum Gasteiger partial charge on any atom is 0.326 e. The van der Waals surface area contributed by atoms with Crippen LogP contribution in [0.1, 0.15) is 53.4 Å². The van der Waals surface area contributed by atoms with Crippen molar-refractivity contribution in [3.63, 3.8) is 0 Å². The summed E-state index contributed by atoms with van der Waals surface area (Å²) in [5, 5.41) is 14.4. The van der Waals surface area contributed by atoms with Crippen LogP contribution in [-0.4, -0.2) is 64.9 Å². The van der Waals surface area contributed by atoms with Crippen LogP contribution in [0, 0.1) is 11.8 Å². The van der Waals surface area contributed by atoms with E-state index in [9.17, 15) is 24.3 Å². The Kier molecular flexibility index (Phi) is 9.37.